The van der Waals surface area contributed by atoms with Crippen molar-refractivity contribution in [3.63, 3.8) is 0 Å². The number of hydrogen-bond donors (Lipinski definition) is 1. The molecule has 0 aliphatic carbocycles. The second-order valence-corrected chi connectivity index (χ2v) is 4.73. The van der Waals surface area contributed by atoms with Gasteiger partial charge in [-0.3, -0.25) is 4.79 Å². The molecule has 3 nitrogen and oxygen atoms in total. The van der Waals surface area contributed by atoms with Gasteiger partial charge in [-0.2, -0.15) is 0 Å². The lowest BCUT2D eigenvalue weighted by molar-refractivity contribution is 0.0943. The van der Waals surface area contributed by atoms with E-state index in [0.29, 0.717) is 18.2 Å². The van der Waals surface area contributed by atoms with Crippen LogP contribution in [-0.4, -0.2) is 17.0 Å². The number of benzene rings is 1. The first kappa shape index (κ1) is 13.4. The van der Waals surface area contributed by atoms with Gasteiger partial charge in [-0.25, -0.2) is 0 Å². The summed E-state index contributed by atoms with van der Waals surface area (Å²) >= 11 is 0. The van der Waals surface area contributed by atoms with E-state index in [2.05, 4.69) is 24.4 Å². The Hall–Kier alpha value is -2.03. The standard InChI is InChI=1S/C16H20N2O/c1-3-13(14-8-5-4-6-9-14)12-17-16(19)15-10-7-11-18(15)2/h4-11,13H,3,12H2,1-2H3,(H,17,19). The summed E-state index contributed by atoms with van der Waals surface area (Å²) in [5, 5.41) is 3.02. The summed E-state index contributed by atoms with van der Waals surface area (Å²) in [5.41, 5.74) is 1.97. The van der Waals surface area contributed by atoms with Crippen LogP contribution in [-0.2, 0) is 7.05 Å². The average Bonchev–Trinajstić information content (AvgIpc) is 2.87. The smallest absolute Gasteiger partial charge is 0.267 e. The molecule has 0 fully saturated rings. The van der Waals surface area contributed by atoms with Crippen molar-refractivity contribution in [3.8, 4) is 0 Å². The highest BCUT2D eigenvalue weighted by molar-refractivity contribution is 5.92. The van der Waals surface area contributed by atoms with Crippen molar-refractivity contribution in [2.24, 2.45) is 7.05 Å². The van der Waals surface area contributed by atoms with Crippen LogP contribution in [0.25, 0.3) is 0 Å². The molecule has 1 unspecified atom stereocenters. The van der Waals surface area contributed by atoms with Crippen molar-refractivity contribution >= 4 is 5.91 Å². The Morgan fingerprint density at radius 3 is 2.53 bits per heavy atom. The maximum absolute atomic E-state index is 12.0. The number of aromatic nitrogens is 1. The third-order valence-electron chi connectivity index (χ3n) is 3.45. The quantitative estimate of drug-likeness (QED) is 0.876. The van der Waals surface area contributed by atoms with E-state index in [9.17, 15) is 4.79 Å². The summed E-state index contributed by atoms with van der Waals surface area (Å²) in [4.78, 5) is 12.0. The predicted molar refractivity (Wildman–Crippen MR) is 77.2 cm³/mol. The zero-order chi connectivity index (χ0) is 13.7. The summed E-state index contributed by atoms with van der Waals surface area (Å²) in [6.07, 6.45) is 2.89. The number of aryl methyl sites for hydroxylation is 1. The molecule has 1 aromatic heterocycles. The topological polar surface area (TPSA) is 34.0 Å². The van der Waals surface area contributed by atoms with Crippen molar-refractivity contribution in [3.05, 3.63) is 59.9 Å². The Morgan fingerprint density at radius 1 is 1.21 bits per heavy atom. The summed E-state index contributed by atoms with van der Waals surface area (Å²) in [5.74, 6) is 0.354. The average molecular weight is 256 g/mol. The molecule has 0 radical (unpaired) electrons. The molecule has 0 bridgehead atoms. The van der Waals surface area contributed by atoms with Crippen LogP contribution in [0.3, 0.4) is 0 Å². The Morgan fingerprint density at radius 2 is 1.95 bits per heavy atom. The van der Waals surface area contributed by atoms with Crippen molar-refractivity contribution < 1.29 is 4.79 Å². The van der Waals surface area contributed by atoms with Crippen LogP contribution in [0.5, 0.6) is 0 Å². The molecule has 1 N–H and O–H groups in total. The molecule has 0 aliphatic rings. The van der Waals surface area contributed by atoms with Gasteiger partial charge in [-0.15, -0.1) is 0 Å². The zero-order valence-electron chi connectivity index (χ0n) is 11.5. The molecule has 1 amide bonds. The van der Waals surface area contributed by atoms with Gasteiger partial charge in [0.05, 0.1) is 0 Å². The highest BCUT2D eigenvalue weighted by Crippen LogP contribution is 2.18. The van der Waals surface area contributed by atoms with Crippen LogP contribution in [0.1, 0.15) is 35.3 Å². The number of rotatable bonds is 5. The monoisotopic (exact) mass is 256 g/mol. The van der Waals surface area contributed by atoms with Gasteiger partial charge in [0.1, 0.15) is 5.69 Å². The van der Waals surface area contributed by atoms with Gasteiger partial charge in [0.15, 0.2) is 0 Å². The Kier molecular flexibility index (Phi) is 4.39. The summed E-state index contributed by atoms with van der Waals surface area (Å²) in [6, 6.07) is 14.0. The molecule has 2 aromatic rings. The number of nitrogens with one attached hydrogen (secondary N) is 1. The SMILES string of the molecule is CCC(CNC(=O)c1cccn1C)c1ccccc1. The Balaban J connectivity index is 1.98. The number of nitrogens with zero attached hydrogens (tertiary/aromatic N) is 1. The highest BCUT2D eigenvalue weighted by atomic mass is 16.1. The van der Waals surface area contributed by atoms with E-state index in [0.717, 1.165) is 6.42 Å². The molecule has 2 rings (SSSR count). The third-order valence-corrected chi connectivity index (χ3v) is 3.45. The van der Waals surface area contributed by atoms with E-state index in [1.807, 2.05) is 48.1 Å². The molecule has 0 saturated heterocycles. The molecular formula is C16H20N2O. The van der Waals surface area contributed by atoms with Crippen LogP contribution in [0.2, 0.25) is 0 Å². The lowest BCUT2D eigenvalue weighted by Crippen LogP contribution is -2.29. The first-order chi connectivity index (χ1) is 9.22. The number of carbonyl (C=O) groups is 1. The predicted octanol–water partition coefficient (Wildman–Crippen LogP) is 2.95. The molecular weight excluding hydrogens is 236 g/mol. The minimum Gasteiger partial charge on any atom is -0.350 e. The lowest BCUT2D eigenvalue weighted by Gasteiger charge is -2.16. The minimum absolute atomic E-state index is 0.0121. The van der Waals surface area contributed by atoms with Gasteiger partial charge in [0.25, 0.3) is 5.91 Å². The van der Waals surface area contributed by atoms with Gasteiger partial charge in [0, 0.05) is 25.7 Å². The van der Waals surface area contributed by atoms with Crippen molar-refractivity contribution in [1.82, 2.24) is 9.88 Å². The van der Waals surface area contributed by atoms with Crippen molar-refractivity contribution in [2.45, 2.75) is 19.3 Å². The van der Waals surface area contributed by atoms with Crippen LogP contribution in [0, 0.1) is 0 Å². The summed E-state index contributed by atoms with van der Waals surface area (Å²) < 4.78 is 1.83. The van der Waals surface area contributed by atoms with Gasteiger partial charge in [-0.1, -0.05) is 37.3 Å². The van der Waals surface area contributed by atoms with Gasteiger partial charge in [-0.05, 0) is 24.1 Å². The maximum atomic E-state index is 12.0. The summed E-state index contributed by atoms with van der Waals surface area (Å²) in [7, 11) is 1.88. The van der Waals surface area contributed by atoms with Gasteiger partial charge >= 0.3 is 0 Å². The lowest BCUT2D eigenvalue weighted by atomic mass is 9.96. The maximum Gasteiger partial charge on any atom is 0.267 e. The first-order valence-corrected chi connectivity index (χ1v) is 6.67. The molecule has 100 valence electrons. The molecule has 3 heteroatoms. The van der Waals surface area contributed by atoms with E-state index < -0.39 is 0 Å². The van der Waals surface area contributed by atoms with Crippen LogP contribution in [0.4, 0.5) is 0 Å². The normalized spacial score (nSPS) is 12.1. The largest absolute Gasteiger partial charge is 0.350 e. The van der Waals surface area contributed by atoms with Gasteiger partial charge < -0.3 is 9.88 Å². The van der Waals surface area contributed by atoms with E-state index in [1.54, 1.807) is 0 Å². The second-order valence-electron chi connectivity index (χ2n) is 4.73. The van der Waals surface area contributed by atoms with Crippen LogP contribution < -0.4 is 5.32 Å². The van der Waals surface area contributed by atoms with Crippen LogP contribution in [0.15, 0.2) is 48.7 Å². The fourth-order valence-corrected chi connectivity index (χ4v) is 2.23. The third kappa shape index (κ3) is 3.25. The molecule has 0 saturated carbocycles. The van der Waals surface area contributed by atoms with E-state index in [4.69, 9.17) is 0 Å². The fraction of sp³-hybridized carbons (Fsp3) is 0.312. The van der Waals surface area contributed by atoms with E-state index >= 15 is 0 Å². The van der Waals surface area contributed by atoms with E-state index in [-0.39, 0.29) is 5.91 Å². The molecule has 0 aliphatic heterocycles. The van der Waals surface area contributed by atoms with Gasteiger partial charge in [0.2, 0.25) is 0 Å². The summed E-state index contributed by atoms with van der Waals surface area (Å²) in [6.45, 7) is 2.82. The molecule has 1 atom stereocenters. The number of amides is 1. The Labute approximate surface area is 114 Å². The van der Waals surface area contributed by atoms with Crippen molar-refractivity contribution in [2.75, 3.05) is 6.54 Å². The number of hydrogen-bond acceptors (Lipinski definition) is 1. The Bertz CT molecular complexity index is 531. The van der Waals surface area contributed by atoms with Crippen LogP contribution >= 0.6 is 0 Å². The zero-order valence-corrected chi connectivity index (χ0v) is 11.5. The molecule has 0 spiro atoms. The second kappa shape index (κ2) is 6.23. The molecule has 1 heterocycles. The number of carbonyl (C=O) groups excluding carboxylic acids is 1. The van der Waals surface area contributed by atoms with Crippen molar-refractivity contribution in [1.29, 1.82) is 0 Å². The van der Waals surface area contributed by atoms with E-state index in [1.165, 1.54) is 5.56 Å². The molecule has 1 aromatic carbocycles. The first-order valence-electron chi connectivity index (χ1n) is 6.67. The fourth-order valence-electron chi connectivity index (χ4n) is 2.23. The minimum atomic E-state index is -0.0121. The molecule has 19 heavy (non-hydrogen) atoms. The highest BCUT2D eigenvalue weighted by Gasteiger charge is 2.13.